The summed E-state index contributed by atoms with van der Waals surface area (Å²) >= 11 is 3.38. The highest BCUT2D eigenvalue weighted by atomic mass is 32.2. The van der Waals surface area contributed by atoms with Gasteiger partial charge >= 0.3 is 0 Å². The number of carbonyl (C=O) groups excluding carboxylic acids is 1. The summed E-state index contributed by atoms with van der Waals surface area (Å²) in [5, 5.41) is 6.17. The monoisotopic (exact) mass is 372 g/mol. The first kappa shape index (κ1) is 16.7. The van der Waals surface area contributed by atoms with E-state index in [-0.39, 0.29) is 23.0 Å². The van der Waals surface area contributed by atoms with E-state index in [0.29, 0.717) is 0 Å². The van der Waals surface area contributed by atoms with Crippen LogP contribution in [0.5, 0.6) is 0 Å². The Labute approximate surface area is 154 Å². The molecule has 2 aromatic carbocycles. The summed E-state index contributed by atoms with van der Waals surface area (Å²) in [5.74, 6) is 0.727. The summed E-state index contributed by atoms with van der Waals surface area (Å²) in [6, 6.07) is 12.8. The van der Waals surface area contributed by atoms with Gasteiger partial charge in [-0.1, -0.05) is 23.4 Å². The van der Waals surface area contributed by atoms with Crippen molar-refractivity contribution in [2.24, 2.45) is 11.0 Å². The molecule has 0 aliphatic carbocycles. The second-order valence-corrected chi connectivity index (χ2v) is 8.48. The number of halogens is 1. The maximum Gasteiger partial charge on any atom is 0.240 e. The van der Waals surface area contributed by atoms with Crippen molar-refractivity contribution < 1.29 is 9.18 Å². The zero-order valence-corrected chi connectivity index (χ0v) is 15.5. The molecule has 2 aliphatic heterocycles. The number of benzene rings is 2. The second kappa shape index (κ2) is 6.50. The lowest BCUT2D eigenvalue weighted by Gasteiger charge is -2.28. The molecule has 2 atom stereocenters. The van der Waals surface area contributed by atoms with E-state index in [0.717, 1.165) is 21.9 Å². The average molecular weight is 372 g/mol. The molecular formula is C19H17FN2OS2. The number of hydrogen-bond donors (Lipinski definition) is 0. The van der Waals surface area contributed by atoms with Crippen LogP contribution in [-0.4, -0.2) is 27.8 Å². The zero-order valence-electron chi connectivity index (χ0n) is 13.9. The van der Waals surface area contributed by atoms with Crippen LogP contribution < -0.4 is 0 Å². The minimum absolute atomic E-state index is 0.0688. The third kappa shape index (κ3) is 3.09. The minimum Gasteiger partial charge on any atom is -0.273 e. The van der Waals surface area contributed by atoms with E-state index < -0.39 is 0 Å². The molecule has 25 heavy (non-hydrogen) atoms. The number of aryl methyl sites for hydroxylation is 1. The van der Waals surface area contributed by atoms with Crippen molar-refractivity contribution in [2.45, 2.75) is 29.0 Å². The van der Waals surface area contributed by atoms with Gasteiger partial charge in [0.05, 0.1) is 5.71 Å². The van der Waals surface area contributed by atoms with Crippen LogP contribution in [0.15, 0.2) is 57.4 Å². The highest BCUT2D eigenvalue weighted by Crippen LogP contribution is 2.44. The van der Waals surface area contributed by atoms with Crippen LogP contribution in [-0.2, 0) is 4.79 Å². The molecule has 1 amide bonds. The Hall–Kier alpha value is -1.79. The molecule has 0 fully saturated rings. The van der Waals surface area contributed by atoms with Crippen LogP contribution in [0.1, 0.15) is 18.1 Å². The van der Waals surface area contributed by atoms with Crippen LogP contribution in [0.25, 0.3) is 0 Å². The lowest BCUT2D eigenvalue weighted by molar-refractivity contribution is -0.129. The fourth-order valence-corrected chi connectivity index (χ4v) is 5.71. The summed E-state index contributed by atoms with van der Waals surface area (Å²) in [6.45, 7) is 3.61. The molecule has 0 spiro atoms. The number of hydrazone groups is 1. The van der Waals surface area contributed by atoms with E-state index in [9.17, 15) is 9.18 Å². The highest BCUT2D eigenvalue weighted by Gasteiger charge is 2.43. The molecule has 0 N–H and O–H groups in total. The Balaban J connectivity index is 1.70. The van der Waals surface area contributed by atoms with E-state index in [1.165, 1.54) is 22.6 Å². The average Bonchev–Trinajstić information content (AvgIpc) is 2.96. The van der Waals surface area contributed by atoms with Gasteiger partial charge < -0.3 is 0 Å². The van der Waals surface area contributed by atoms with Crippen molar-refractivity contribution in [3.8, 4) is 0 Å². The molecule has 0 unspecified atom stereocenters. The lowest BCUT2D eigenvalue weighted by atomic mass is 9.97. The molecule has 6 heteroatoms. The van der Waals surface area contributed by atoms with Gasteiger partial charge in [-0.3, -0.25) is 4.79 Å². The van der Waals surface area contributed by atoms with E-state index in [2.05, 4.69) is 30.2 Å². The zero-order chi connectivity index (χ0) is 17.6. The van der Waals surface area contributed by atoms with Crippen LogP contribution >= 0.6 is 23.5 Å². The Bertz CT molecular complexity index is 866. The van der Waals surface area contributed by atoms with Gasteiger partial charge in [-0.15, -0.1) is 11.8 Å². The van der Waals surface area contributed by atoms with Gasteiger partial charge in [0.1, 0.15) is 11.2 Å². The number of carbonyl (C=O) groups is 1. The van der Waals surface area contributed by atoms with E-state index in [1.807, 2.05) is 11.8 Å². The topological polar surface area (TPSA) is 32.7 Å². The van der Waals surface area contributed by atoms with Crippen LogP contribution in [0.3, 0.4) is 0 Å². The Morgan fingerprint density at radius 1 is 1.28 bits per heavy atom. The van der Waals surface area contributed by atoms with Crippen LogP contribution in [0, 0.1) is 18.7 Å². The Kier molecular flexibility index (Phi) is 4.33. The first-order chi connectivity index (χ1) is 12.0. The summed E-state index contributed by atoms with van der Waals surface area (Å²) in [5.41, 5.74) is 3.31. The Morgan fingerprint density at radius 2 is 2.04 bits per heavy atom. The standard InChI is InChI=1S/C19H17FN2OS2/c1-11-3-8-17-15(9-11)18-16(10-24-17)19(22(21-18)12(2)23)25-14-6-4-13(20)5-7-14/h3-9,16,19H,10H2,1-2H3/t16-,19-/m0/s1. The molecule has 0 aromatic heterocycles. The lowest BCUT2D eigenvalue weighted by Crippen LogP contribution is -2.35. The number of nitrogens with zero attached hydrogens (tertiary/aromatic N) is 2. The first-order valence-electron chi connectivity index (χ1n) is 8.07. The number of thioether (sulfide) groups is 2. The van der Waals surface area contributed by atoms with Crippen LogP contribution in [0.2, 0.25) is 0 Å². The predicted octanol–water partition coefficient (Wildman–Crippen LogP) is 4.54. The van der Waals surface area contributed by atoms with Crippen molar-refractivity contribution >= 4 is 35.1 Å². The molecule has 4 rings (SSSR count). The maximum absolute atomic E-state index is 13.2. The molecule has 128 valence electrons. The maximum atomic E-state index is 13.2. The molecule has 2 aromatic rings. The normalized spacial score (nSPS) is 21.6. The van der Waals surface area contributed by atoms with Gasteiger partial charge in [-0.2, -0.15) is 5.10 Å². The molecule has 0 bridgehead atoms. The second-order valence-electron chi connectivity index (χ2n) is 6.23. The summed E-state index contributed by atoms with van der Waals surface area (Å²) in [4.78, 5) is 14.3. The van der Waals surface area contributed by atoms with Crippen molar-refractivity contribution in [2.75, 3.05) is 5.75 Å². The fraction of sp³-hybridized carbons (Fsp3) is 0.263. The van der Waals surface area contributed by atoms with E-state index in [1.54, 1.807) is 35.8 Å². The molecule has 3 nitrogen and oxygen atoms in total. The van der Waals surface area contributed by atoms with Crippen molar-refractivity contribution in [3.63, 3.8) is 0 Å². The third-order valence-corrected chi connectivity index (χ3v) is 6.88. The van der Waals surface area contributed by atoms with Crippen molar-refractivity contribution in [3.05, 3.63) is 59.4 Å². The third-order valence-electron chi connectivity index (χ3n) is 4.37. The summed E-state index contributed by atoms with van der Waals surface area (Å²) < 4.78 is 13.2. The number of rotatable bonds is 2. The van der Waals surface area contributed by atoms with Crippen LogP contribution in [0.4, 0.5) is 4.39 Å². The molecule has 2 heterocycles. The van der Waals surface area contributed by atoms with Crippen molar-refractivity contribution in [1.82, 2.24) is 5.01 Å². The number of amides is 1. The minimum atomic E-state index is -0.256. The summed E-state index contributed by atoms with van der Waals surface area (Å²) in [7, 11) is 0. The van der Waals surface area contributed by atoms with Gasteiger partial charge in [0.2, 0.25) is 5.91 Å². The highest BCUT2D eigenvalue weighted by molar-refractivity contribution is 8.00. The number of fused-ring (bicyclic) bond motifs is 3. The largest absolute Gasteiger partial charge is 0.273 e. The van der Waals surface area contributed by atoms with E-state index in [4.69, 9.17) is 0 Å². The van der Waals surface area contributed by atoms with Gasteiger partial charge in [0, 0.05) is 33.9 Å². The van der Waals surface area contributed by atoms with Crippen molar-refractivity contribution in [1.29, 1.82) is 0 Å². The Morgan fingerprint density at radius 3 is 2.76 bits per heavy atom. The molecule has 0 saturated carbocycles. The van der Waals surface area contributed by atoms with E-state index >= 15 is 0 Å². The SMILES string of the molecule is CC(=O)N1N=C2c3cc(C)ccc3SC[C@@H]2[C@@H]1Sc1ccc(F)cc1. The van der Waals surface area contributed by atoms with Gasteiger partial charge in [0.15, 0.2) is 0 Å². The molecule has 2 aliphatic rings. The molecule has 0 radical (unpaired) electrons. The van der Waals surface area contributed by atoms with Gasteiger partial charge in [-0.05, 0) is 43.3 Å². The fourth-order valence-electron chi connectivity index (χ4n) is 3.15. The quantitative estimate of drug-likeness (QED) is 0.776. The smallest absolute Gasteiger partial charge is 0.240 e. The summed E-state index contributed by atoms with van der Waals surface area (Å²) in [6.07, 6.45) is 0. The first-order valence-corrected chi connectivity index (χ1v) is 9.94. The molecule has 0 saturated heterocycles. The van der Waals surface area contributed by atoms with Gasteiger partial charge in [0.25, 0.3) is 0 Å². The predicted molar refractivity (Wildman–Crippen MR) is 100 cm³/mol. The molecular weight excluding hydrogens is 355 g/mol. The van der Waals surface area contributed by atoms with Gasteiger partial charge in [-0.25, -0.2) is 9.40 Å². The number of hydrogen-bond acceptors (Lipinski definition) is 4.